The third kappa shape index (κ3) is 2.37. The number of benzene rings is 1. The topological polar surface area (TPSA) is 12.0 Å². The van der Waals surface area contributed by atoms with Crippen molar-refractivity contribution in [2.45, 2.75) is 39.3 Å². The van der Waals surface area contributed by atoms with E-state index in [4.69, 9.17) is 0 Å². The van der Waals surface area contributed by atoms with Gasteiger partial charge in [0, 0.05) is 17.8 Å². The Morgan fingerprint density at radius 1 is 1.31 bits per heavy atom. The first-order valence-electron chi connectivity index (χ1n) is 6.18. The Kier molecular flexibility index (Phi) is 3.47. The van der Waals surface area contributed by atoms with Gasteiger partial charge in [-0.25, -0.2) is 4.39 Å². The summed E-state index contributed by atoms with van der Waals surface area (Å²) in [6.07, 6.45) is 1.80. The molecular weight excluding hydrogens is 201 g/mol. The van der Waals surface area contributed by atoms with Crippen molar-refractivity contribution in [3.05, 3.63) is 29.3 Å². The first kappa shape index (κ1) is 11.4. The Balaban J connectivity index is 2.11. The van der Waals surface area contributed by atoms with Gasteiger partial charge in [0.1, 0.15) is 6.17 Å². The van der Waals surface area contributed by atoms with Gasteiger partial charge < -0.3 is 5.32 Å². The van der Waals surface area contributed by atoms with E-state index in [2.05, 4.69) is 25.2 Å². The highest BCUT2D eigenvalue weighted by atomic mass is 19.1. The van der Waals surface area contributed by atoms with Crippen molar-refractivity contribution in [2.24, 2.45) is 5.92 Å². The average Bonchev–Trinajstić information content (AvgIpc) is 2.73. The molecule has 0 amide bonds. The molecule has 0 radical (unpaired) electrons. The Morgan fingerprint density at radius 3 is 2.88 bits per heavy atom. The third-order valence-electron chi connectivity index (χ3n) is 3.21. The molecule has 0 saturated heterocycles. The molecule has 1 nitrogen and oxygen atoms in total. The van der Waals surface area contributed by atoms with Crippen LogP contribution in [0.4, 0.5) is 10.1 Å². The number of halogens is 1. The molecule has 1 atom stereocenters. The second-order valence-corrected chi connectivity index (χ2v) is 5.00. The highest BCUT2D eigenvalue weighted by Crippen LogP contribution is 2.35. The van der Waals surface area contributed by atoms with Crippen LogP contribution in [0.1, 0.15) is 44.0 Å². The van der Waals surface area contributed by atoms with E-state index in [1.54, 1.807) is 0 Å². The van der Waals surface area contributed by atoms with E-state index in [1.807, 2.05) is 12.1 Å². The number of rotatable bonds is 4. The van der Waals surface area contributed by atoms with Gasteiger partial charge >= 0.3 is 0 Å². The van der Waals surface area contributed by atoms with Crippen LogP contribution in [-0.4, -0.2) is 6.54 Å². The van der Waals surface area contributed by atoms with Gasteiger partial charge in [-0.2, -0.15) is 0 Å². The number of fused-ring (bicyclic) bond motifs is 1. The van der Waals surface area contributed by atoms with Gasteiger partial charge in [0.25, 0.3) is 0 Å². The zero-order valence-corrected chi connectivity index (χ0v) is 10.1. The minimum Gasteiger partial charge on any atom is -0.384 e. The third-order valence-corrected chi connectivity index (χ3v) is 3.21. The molecular formula is C14H20FN. The molecule has 0 spiro atoms. The predicted molar refractivity (Wildman–Crippen MR) is 66.6 cm³/mol. The Labute approximate surface area is 97.1 Å². The quantitative estimate of drug-likeness (QED) is 0.807. The molecule has 16 heavy (non-hydrogen) atoms. The fourth-order valence-corrected chi connectivity index (χ4v) is 2.26. The maximum Gasteiger partial charge on any atom is 0.127 e. The number of hydrogen-bond donors (Lipinski definition) is 1. The van der Waals surface area contributed by atoms with Crippen molar-refractivity contribution >= 4 is 5.69 Å². The van der Waals surface area contributed by atoms with Crippen LogP contribution < -0.4 is 5.32 Å². The van der Waals surface area contributed by atoms with Crippen LogP contribution in [0.15, 0.2) is 18.2 Å². The lowest BCUT2D eigenvalue weighted by atomic mass is 9.98. The molecule has 1 aromatic carbocycles. The number of nitrogens with one attached hydrogen (secondary N) is 1. The standard InChI is InChI=1S/C14H20FN/c1-10(2)6-7-13(15)12-5-3-4-11-8-9-16-14(11)12/h3-5,10,13,16H,6-9H2,1-2H3. The fourth-order valence-electron chi connectivity index (χ4n) is 2.26. The molecule has 2 heteroatoms. The van der Waals surface area contributed by atoms with E-state index in [0.717, 1.165) is 30.6 Å². The molecule has 1 unspecified atom stereocenters. The largest absolute Gasteiger partial charge is 0.384 e. The van der Waals surface area contributed by atoms with Crippen LogP contribution in [0.2, 0.25) is 0 Å². The van der Waals surface area contributed by atoms with Crippen molar-refractivity contribution in [3.63, 3.8) is 0 Å². The van der Waals surface area contributed by atoms with E-state index in [1.165, 1.54) is 5.56 Å². The van der Waals surface area contributed by atoms with Crippen LogP contribution in [0.3, 0.4) is 0 Å². The van der Waals surface area contributed by atoms with Crippen LogP contribution in [0.5, 0.6) is 0 Å². The maximum absolute atomic E-state index is 14.1. The molecule has 88 valence electrons. The minimum absolute atomic E-state index is 0.572. The molecule has 1 aliphatic rings. The lowest BCUT2D eigenvalue weighted by molar-refractivity contribution is 0.303. The lowest BCUT2D eigenvalue weighted by Crippen LogP contribution is -2.00. The number of alkyl halides is 1. The van der Waals surface area contributed by atoms with Crippen LogP contribution in [0.25, 0.3) is 0 Å². The zero-order valence-electron chi connectivity index (χ0n) is 10.1. The monoisotopic (exact) mass is 221 g/mol. The summed E-state index contributed by atoms with van der Waals surface area (Å²) in [6, 6.07) is 5.99. The first-order valence-corrected chi connectivity index (χ1v) is 6.18. The van der Waals surface area contributed by atoms with Gasteiger partial charge in [-0.3, -0.25) is 0 Å². The number of hydrogen-bond acceptors (Lipinski definition) is 1. The molecule has 0 fully saturated rings. The lowest BCUT2D eigenvalue weighted by Gasteiger charge is -2.14. The summed E-state index contributed by atoms with van der Waals surface area (Å²) in [5.74, 6) is 0.572. The Bertz CT molecular complexity index is 360. The molecule has 1 N–H and O–H groups in total. The van der Waals surface area contributed by atoms with Gasteiger partial charge in [-0.05, 0) is 30.7 Å². The molecule has 1 heterocycles. The van der Waals surface area contributed by atoms with Crippen LogP contribution in [-0.2, 0) is 6.42 Å². The van der Waals surface area contributed by atoms with Gasteiger partial charge in [-0.15, -0.1) is 0 Å². The van der Waals surface area contributed by atoms with Crippen LogP contribution >= 0.6 is 0 Å². The highest BCUT2D eigenvalue weighted by Gasteiger charge is 2.19. The van der Waals surface area contributed by atoms with Crippen molar-refractivity contribution in [2.75, 3.05) is 11.9 Å². The summed E-state index contributed by atoms with van der Waals surface area (Å²) < 4.78 is 14.1. The summed E-state index contributed by atoms with van der Waals surface area (Å²) >= 11 is 0. The van der Waals surface area contributed by atoms with E-state index < -0.39 is 6.17 Å². The van der Waals surface area contributed by atoms with Crippen molar-refractivity contribution in [1.29, 1.82) is 0 Å². The summed E-state index contributed by atoms with van der Waals surface area (Å²) in [5, 5.41) is 3.30. The molecule has 0 saturated carbocycles. The second-order valence-electron chi connectivity index (χ2n) is 5.00. The van der Waals surface area contributed by atoms with Gasteiger partial charge in [-0.1, -0.05) is 32.0 Å². The SMILES string of the molecule is CC(C)CCC(F)c1cccc2c1NCC2. The molecule has 1 aliphatic heterocycles. The average molecular weight is 221 g/mol. The summed E-state index contributed by atoms with van der Waals surface area (Å²) in [5.41, 5.74) is 3.18. The summed E-state index contributed by atoms with van der Waals surface area (Å²) in [4.78, 5) is 0. The number of anilines is 1. The van der Waals surface area contributed by atoms with Gasteiger partial charge in [0.05, 0.1) is 0 Å². The van der Waals surface area contributed by atoms with Gasteiger partial charge in [0.15, 0.2) is 0 Å². The molecule has 0 aliphatic carbocycles. The Morgan fingerprint density at radius 2 is 2.12 bits per heavy atom. The van der Waals surface area contributed by atoms with Gasteiger partial charge in [0.2, 0.25) is 0 Å². The smallest absolute Gasteiger partial charge is 0.127 e. The first-order chi connectivity index (χ1) is 7.68. The fraction of sp³-hybridized carbons (Fsp3) is 0.571. The number of para-hydroxylation sites is 1. The van der Waals surface area contributed by atoms with Crippen molar-refractivity contribution in [1.82, 2.24) is 0 Å². The summed E-state index contributed by atoms with van der Waals surface area (Å²) in [7, 11) is 0. The van der Waals surface area contributed by atoms with E-state index in [9.17, 15) is 4.39 Å². The predicted octanol–water partition coefficient (Wildman–Crippen LogP) is 4.10. The van der Waals surface area contributed by atoms with E-state index in [-0.39, 0.29) is 0 Å². The molecule has 1 aromatic rings. The molecule has 0 bridgehead atoms. The van der Waals surface area contributed by atoms with Crippen LogP contribution in [0, 0.1) is 5.92 Å². The molecule has 0 aromatic heterocycles. The summed E-state index contributed by atoms with van der Waals surface area (Å²) in [6.45, 7) is 5.23. The normalized spacial score (nSPS) is 16.0. The minimum atomic E-state index is -0.817. The van der Waals surface area contributed by atoms with Crippen molar-refractivity contribution < 1.29 is 4.39 Å². The van der Waals surface area contributed by atoms with E-state index >= 15 is 0 Å². The zero-order chi connectivity index (χ0) is 11.5. The van der Waals surface area contributed by atoms with E-state index in [0.29, 0.717) is 12.3 Å². The second kappa shape index (κ2) is 4.86. The highest BCUT2D eigenvalue weighted by molar-refractivity contribution is 5.61. The Hall–Kier alpha value is -1.05. The molecule has 2 rings (SSSR count). The van der Waals surface area contributed by atoms with Crippen molar-refractivity contribution in [3.8, 4) is 0 Å². The maximum atomic E-state index is 14.1.